The minimum Gasteiger partial charge on any atom is -0.321 e. The van der Waals surface area contributed by atoms with Crippen LogP contribution in [0.4, 0.5) is 5.69 Å². The minimum atomic E-state index is -0.127. The standard InChI is InChI=1S/C18H16N4O/c1-11(2)22-17-14-9-5-6-10-15(14)19-18(23)13-8-4-3-7-12(13)16(17)20-21-22/h3-11H,1-2H3,(H,19,23). The van der Waals surface area contributed by atoms with Crippen LogP contribution in [0, 0.1) is 0 Å². The lowest BCUT2D eigenvalue weighted by atomic mass is 9.96. The molecule has 1 aliphatic heterocycles. The molecular weight excluding hydrogens is 288 g/mol. The molecule has 0 radical (unpaired) electrons. The Labute approximate surface area is 134 Å². The molecule has 114 valence electrons. The van der Waals surface area contributed by atoms with Gasteiger partial charge < -0.3 is 5.32 Å². The van der Waals surface area contributed by atoms with E-state index < -0.39 is 0 Å². The van der Waals surface area contributed by atoms with Crippen LogP contribution in [0.15, 0.2) is 48.5 Å². The van der Waals surface area contributed by atoms with Crippen molar-refractivity contribution in [2.45, 2.75) is 19.9 Å². The van der Waals surface area contributed by atoms with E-state index in [9.17, 15) is 4.79 Å². The number of para-hydroxylation sites is 1. The van der Waals surface area contributed by atoms with Gasteiger partial charge in [-0.05, 0) is 26.0 Å². The van der Waals surface area contributed by atoms with Crippen LogP contribution in [0.3, 0.4) is 0 Å². The van der Waals surface area contributed by atoms with E-state index in [4.69, 9.17) is 0 Å². The predicted octanol–water partition coefficient (Wildman–Crippen LogP) is 3.76. The number of nitrogens with one attached hydrogen (secondary N) is 1. The molecule has 1 aromatic heterocycles. The zero-order chi connectivity index (χ0) is 16.0. The highest BCUT2D eigenvalue weighted by Crippen LogP contribution is 2.39. The Hall–Kier alpha value is -2.95. The van der Waals surface area contributed by atoms with Gasteiger partial charge in [-0.1, -0.05) is 41.6 Å². The second-order valence-electron chi connectivity index (χ2n) is 5.87. The summed E-state index contributed by atoms with van der Waals surface area (Å²) in [5.74, 6) is -0.127. The van der Waals surface area contributed by atoms with Gasteiger partial charge >= 0.3 is 0 Å². The third kappa shape index (κ3) is 2.04. The van der Waals surface area contributed by atoms with E-state index >= 15 is 0 Å². The van der Waals surface area contributed by atoms with E-state index in [2.05, 4.69) is 29.5 Å². The first kappa shape index (κ1) is 13.7. The van der Waals surface area contributed by atoms with E-state index in [1.807, 2.05) is 53.2 Å². The summed E-state index contributed by atoms with van der Waals surface area (Å²) in [6, 6.07) is 15.4. The van der Waals surface area contributed by atoms with E-state index in [-0.39, 0.29) is 11.9 Å². The Kier molecular flexibility index (Phi) is 3.01. The molecule has 0 bridgehead atoms. The van der Waals surface area contributed by atoms with Crippen LogP contribution in [0.2, 0.25) is 0 Å². The number of rotatable bonds is 1. The fourth-order valence-corrected chi connectivity index (χ4v) is 2.96. The van der Waals surface area contributed by atoms with Gasteiger partial charge in [-0.25, -0.2) is 4.68 Å². The molecule has 1 N–H and O–H groups in total. The van der Waals surface area contributed by atoms with E-state index in [0.717, 1.165) is 28.2 Å². The number of carbonyl (C=O) groups is 1. The molecule has 4 rings (SSSR count). The van der Waals surface area contributed by atoms with Crippen molar-refractivity contribution in [3.63, 3.8) is 0 Å². The maximum absolute atomic E-state index is 12.6. The number of amides is 1. The number of nitrogens with zero attached hydrogens (tertiary/aromatic N) is 3. The van der Waals surface area contributed by atoms with Crippen LogP contribution < -0.4 is 5.32 Å². The fraction of sp³-hybridized carbons (Fsp3) is 0.167. The van der Waals surface area contributed by atoms with Crippen molar-refractivity contribution < 1.29 is 4.79 Å². The number of aromatic nitrogens is 3. The number of carbonyl (C=O) groups excluding carboxylic acids is 1. The minimum absolute atomic E-state index is 0.127. The van der Waals surface area contributed by atoms with Crippen molar-refractivity contribution in [1.29, 1.82) is 0 Å². The van der Waals surface area contributed by atoms with Gasteiger partial charge in [0.05, 0.1) is 11.4 Å². The van der Waals surface area contributed by atoms with Crippen LogP contribution >= 0.6 is 0 Å². The number of benzene rings is 2. The number of hydrogen-bond acceptors (Lipinski definition) is 3. The van der Waals surface area contributed by atoms with Crippen LogP contribution in [0.5, 0.6) is 0 Å². The first-order chi connectivity index (χ1) is 11.2. The topological polar surface area (TPSA) is 59.8 Å². The van der Waals surface area contributed by atoms with Gasteiger partial charge in [0.15, 0.2) is 0 Å². The van der Waals surface area contributed by atoms with Crippen molar-refractivity contribution in [2.75, 3.05) is 5.32 Å². The molecule has 1 aliphatic rings. The van der Waals surface area contributed by atoms with Crippen LogP contribution in [-0.4, -0.2) is 20.9 Å². The molecule has 3 aromatic rings. The smallest absolute Gasteiger partial charge is 0.256 e. The molecule has 23 heavy (non-hydrogen) atoms. The average molecular weight is 304 g/mol. The van der Waals surface area contributed by atoms with Crippen molar-refractivity contribution in [1.82, 2.24) is 15.0 Å². The molecule has 5 heteroatoms. The summed E-state index contributed by atoms with van der Waals surface area (Å²) in [4.78, 5) is 12.6. The molecular formula is C18H16N4O. The van der Waals surface area contributed by atoms with Crippen LogP contribution in [-0.2, 0) is 0 Å². The Morgan fingerprint density at radius 3 is 2.35 bits per heavy atom. The van der Waals surface area contributed by atoms with E-state index in [0.29, 0.717) is 5.56 Å². The molecule has 0 saturated carbocycles. The van der Waals surface area contributed by atoms with E-state index in [1.165, 1.54) is 0 Å². The number of fused-ring (bicyclic) bond motifs is 5. The first-order valence-electron chi connectivity index (χ1n) is 7.62. The Bertz CT molecular complexity index is 911. The van der Waals surface area contributed by atoms with Crippen molar-refractivity contribution in [3.8, 4) is 22.5 Å². The second kappa shape index (κ2) is 5.05. The molecule has 1 amide bonds. The third-order valence-corrected chi connectivity index (χ3v) is 4.04. The molecule has 0 unspecified atom stereocenters. The molecule has 0 aliphatic carbocycles. The van der Waals surface area contributed by atoms with Gasteiger partial charge in [0.1, 0.15) is 5.69 Å². The summed E-state index contributed by atoms with van der Waals surface area (Å²) in [5, 5.41) is 11.7. The highest BCUT2D eigenvalue weighted by atomic mass is 16.1. The highest BCUT2D eigenvalue weighted by molar-refractivity contribution is 6.12. The van der Waals surface area contributed by atoms with Gasteiger partial charge in [-0.15, -0.1) is 5.10 Å². The normalized spacial score (nSPS) is 12.7. The Morgan fingerprint density at radius 2 is 1.61 bits per heavy atom. The quantitative estimate of drug-likeness (QED) is 0.744. The maximum Gasteiger partial charge on any atom is 0.256 e. The maximum atomic E-state index is 12.6. The summed E-state index contributed by atoms with van der Waals surface area (Å²) in [6.07, 6.45) is 0. The third-order valence-electron chi connectivity index (χ3n) is 4.04. The average Bonchev–Trinajstić information content (AvgIpc) is 2.99. The number of hydrogen-bond donors (Lipinski definition) is 1. The van der Waals surface area contributed by atoms with Gasteiger partial charge in [0.25, 0.3) is 5.91 Å². The highest BCUT2D eigenvalue weighted by Gasteiger charge is 2.26. The zero-order valence-corrected chi connectivity index (χ0v) is 12.9. The molecule has 2 aromatic carbocycles. The molecule has 5 nitrogen and oxygen atoms in total. The summed E-state index contributed by atoms with van der Waals surface area (Å²) < 4.78 is 1.91. The lowest BCUT2D eigenvalue weighted by Gasteiger charge is -2.19. The summed E-state index contributed by atoms with van der Waals surface area (Å²) in [5.41, 5.74) is 4.81. The number of anilines is 1. The molecule has 0 spiro atoms. The Morgan fingerprint density at radius 1 is 0.957 bits per heavy atom. The SMILES string of the molecule is CC(C)n1nnc2c1-c1ccccc1NC(=O)c1ccccc1-2. The lowest BCUT2D eigenvalue weighted by molar-refractivity contribution is 0.102. The molecule has 0 saturated heterocycles. The van der Waals surface area contributed by atoms with Gasteiger partial charge in [-0.2, -0.15) is 0 Å². The monoisotopic (exact) mass is 304 g/mol. The summed E-state index contributed by atoms with van der Waals surface area (Å²) in [7, 11) is 0. The van der Waals surface area contributed by atoms with E-state index in [1.54, 1.807) is 0 Å². The van der Waals surface area contributed by atoms with Crippen LogP contribution in [0.1, 0.15) is 30.2 Å². The van der Waals surface area contributed by atoms with Gasteiger partial charge in [-0.3, -0.25) is 4.79 Å². The van der Waals surface area contributed by atoms with Crippen molar-refractivity contribution >= 4 is 11.6 Å². The fourth-order valence-electron chi connectivity index (χ4n) is 2.96. The molecule has 0 fully saturated rings. The lowest BCUT2D eigenvalue weighted by Crippen LogP contribution is -2.16. The van der Waals surface area contributed by atoms with Crippen molar-refractivity contribution in [3.05, 3.63) is 54.1 Å². The predicted molar refractivity (Wildman–Crippen MR) is 89.2 cm³/mol. The molecule has 0 atom stereocenters. The second-order valence-corrected chi connectivity index (χ2v) is 5.87. The van der Waals surface area contributed by atoms with Crippen molar-refractivity contribution in [2.24, 2.45) is 0 Å². The zero-order valence-electron chi connectivity index (χ0n) is 12.9. The molecule has 2 heterocycles. The first-order valence-corrected chi connectivity index (χ1v) is 7.62. The summed E-state index contributed by atoms with van der Waals surface area (Å²) in [6.45, 7) is 4.14. The Balaban J connectivity index is 2.12. The van der Waals surface area contributed by atoms with Gasteiger partial charge in [0, 0.05) is 22.7 Å². The summed E-state index contributed by atoms with van der Waals surface area (Å²) >= 11 is 0. The van der Waals surface area contributed by atoms with Crippen LogP contribution in [0.25, 0.3) is 22.5 Å². The largest absolute Gasteiger partial charge is 0.321 e. The van der Waals surface area contributed by atoms with Gasteiger partial charge in [0.2, 0.25) is 0 Å².